The Labute approximate surface area is 131 Å². The van der Waals surface area contributed by atoms with Gasteiger partial charge >= 0.3 is 5.97 Å². The van der Waals surface area contributed by atoms with E-state index in [4.69, 9.17) is 15.7 Å². The molecule has 8 heteroatoms. The van der Waals surface area contributed by atoms with Crippen LogP contribution in [0.1, 0.15) is 23.0 Å². The minimum absolute atomic E-state index is 0.0720. The summed E-state index contributed by atoms with van der Waals surface area (Å²) in [5.41, 5.74) is 6.33. The van der Waals surface area contributed by atoms with Crippen LogP contribution in [0.25, 0.3) is 0 Å². The second-order valence-corrected chi connectivity index (χ2v) is 4.52. The Morgan fingerprint density at radius 1 is 1.26 bits per heavy atom. The average Bonchev–Trinajstić information content (AvgIpc) is 2.55. The van der Waals surface area contributed by atoms with Crippen molar-refractivity contribution in [1.82, 2.24) is 9.97 Å². The first kappa shape index (κ1) is 15.9. The van der Waals surface area contributed by atoms with Crippen LogP contribution >= 0.6 is 0 Å². The van der Waals surface area contributed by atoms with Gasteiger partial charge in [-0.05, 0) is 31.2 Å². The molecular formula is C15H13N5O3. The smallest absolute Gasteiger partial charge is 0.361 e. The molecule has 0 aliphatic carbocycles. The van der Waals surface area contributed by atoms with E-state index >= 15 is 0 Å². The number of ether oxygens (including phenoxy) is 1. The average molecular weight is 311 g/mol. The van der Waals surface area contributed by atoms with Gasteiger partial charge in [-0.2, -0.15) is 5.26 Å². The maximum Gasteiger partial charge on any atom is 0.361 e. The van der Waals surface area contributed by atoms with Crippen molar-refractivity contribution < 1.29 is 14.3 Å². The molecule has 0 radical (unpaired) electrons. The number of amides is 1. The van der Waals surface area contributed by atoms with Gasteiger partial charge in [-0.25, -0.2) is 14.8 Å². The van der Waals surface area contributed by atoms with Crippen molar-refractivity contribution >= 4 is 23.4 Å². The zero-order valence-electron chi connectivity index (χ0n) is 12.2. The number of hydrogen-bond acceptors (Lipinski definition) is 7. The zero-order valence-corrected chi connectivity index (χ0v) is 12.2. The first-order valence-corrected chi connectivity index (χ1v) is 6.59. The molecule has 0 saturated heterocycles. The molecule has 3 N–H and O–H groups in total. The van der Waals surface area contributed by atoms with Crippen LogP contribution in [0.15, 0.2) is 36.7 Å². The monoisotopic (exact) mass is 311 g/mol. The molecular weight excluding hydrogens is 298 g/mol. The Balaban J connectivity index is 1.98. The minimum atomic E-state index is -1.06. The van der Waals surface area contributed by atoms with Crippen molar-refractivity contribution in [2.24, 2.45) is 0 Å². The van der Waals surface area contributed by atoms with Crippen molar-refractivity contribution in [1.29, 1.82) is 5.26 Å². The van der Waals surface area contributed by atoms with Gasteiger partial charge in [0.2, 0.25) is 0 Å². The number of hydrogen-bond donors (Lipinski definition) is 2. The predicted molar refractivity (Wildman–Crippen MR) is 81.1 cm³/mol. The molecule has 0 saturated carbocycles. The highest BCUT2D eigenvalue weighted by molar-refractivity contribution is 5.98. The Kier molecular flexibility index (Phi) is 4.84. The van der Waals surface area contributed by atoms with Crippen LogP contribution < -0.4 is 11.1 Å². The lowest BCUT2D eigenvalue weighted by molar-refractivity contribution is -0.123. The molecule has 0 aliphatic rings. The summed E-state index contributed by atoms with van der Waals surface area (Å²) in [5.74, 6) is -1.43. The van der Waals surface area contributed by atoms with Crippen LogP contribution in [0.3, 0.4) is 0 Å². The first-order chi connectivity index (χ1) is 11.0. The lowest BCUT2D eigenvalue weighted by atomic mass is 10.2. The van der Waals surface area contributed by atoms with E-state index in [1.807, 2.05) is 6.07 Å². The number of carbonyl (C=O) groups is 2. The van der Waals surface area contributed by atoms with Crippen LogP contribution in [0.2, 0.25) is 0 Å². The number of nitrogens with two attached hydrogens (primary N) is 1. The molecule has 1 aromatic heterocycles. The van der Waals surface area contributed by atoms with Gasteiger partial charge in [0.1, 0.15) is 0 Å². The summed E-state index contributed by atoms with van der Waals surface area (Å²) in [6.45, 7) is 1.42. The van der Waals surface area contributed by atoms with Crippen LogP contribution in [0, 0.1) is 11.3 Å². The van der Waals surface area contributed by atoms with Gasteiger partial charge < -0.3 is 15.8 Å². The summed E-state index contributed by atoms with van der Waals surface area (Å²) in [6.07, 6.45) is 1.58. The van der Waals surface area contributed by atoms with Crippen molar-refractivity contribution in [3.63, 3.8) is 0 Å². The fourth-order valence-corrected chi connectivity index (χ4v) is 1.65. The van der Waals surface area contributed by atoms with Crippen LogP contribution in [-0.2, 0) is 9.53 Å². The fourth-order valence-electron chi connectivity index (χ4n) is 1.65. The molecule has 0 fully saturated rings. The van der Waals surface area contributed by atoms with Gasteiger partial charge in [-0.1, -0.05) is 0 Å². The summed E-state index contributed by atoms with van der Waals surface area (Å²) in [6, 6.07) is 8.25. The topological polar surface area (TPSA) is 131 Å². The van der Waals surface area contributed by atoms with E-state index in [-0.39, 0.29) is 11.5 Å². The van der Waals surface area contributed by atoms with Gasteiger partial charge in [0, 0.05) is 18.1 Å². The molecule has 1 atom stereocenters. The standard InChI is InChI=1S/C15H13N5O3/c1-9(23-15(22)12-13(17)19-7-6-18-12)14(21)20-11-4-2-10(8-16)3-5-11/h2-7,9H,1H3,(H2,17,19)(H,20,21)/t9-/m0/s1. The Morgan fingerprint density at radius 2 is 1.91 bits per heavy atom. The molecule has 0 bridgehead atoms. The normalized spacial score (nSPS) is 11.1. The van der Waals surface area contributed by atoms with Crippen LogP contribution in [0.5, 0.6) is 0 Å². The number of benzene rings is 1. The quantitative estimate of drug-likeness (QED) is 0.808. The molecule has 1 heterocycles. The third kappa shape index (κ3) is 4.01. The van der Waals surface area contributed by atoms with Gasteiger partial charge in [-0.15, -0.1) is 0 Å². The first-order valence-electron chi connectivity index (χ1n) is 6.59. The van der Waals surface area contributed by atoms with Gasteiger partial charge in [0.05, 0.1) is 11.6 Å². The third-order valence-corrected chi connectivity index (χ3v) is 2.85. The molecule has 0 unspecified atom stereocenters. The summed E-state index contributed by atoms with van der Waals surface area (Å²) in [5, 5.41) is 11.3. The van der Waals surface area contributed by atoms with Gasteiger partial charge in [-0.3, -0.25) is 4.79 Å². The number of nitrogens with zero attached hydrogens (tertiary/aromatic N) is 3. The van der Waals surface area contributed by atoms with E-state index in [1.165, 1.54) is 19.3 Å². The second-order valence-electron chi connectivity index (χ2n) is 4.52. The lowest BCUT2D eigenvalue weighted by Crippen LogP contribution is -2.30. The van der Waals surface area contributed by atoms with E-state index < -0.39 is 18.0 Å². The largest absolute Gasteiger partial charge is 0.448 e. The molecule has 116 valence electrons. The fraction of sp³-hybridized carbons (Fsp3) is 0.133. The molecule has 1 aromatic carbocycles. The highest BCUT2D eigenvalue weighted by atomic mass is 16.5. The molecule has 8 nitrogen and oxygen atoms in total. The number of nitrogens with one attached hydrogen (secondary N) is 1. The van der Waals surface area contributed by atoms with Crippen molar-refractivity contribution in [3.8, 4) is 6.07 Å². The highest BCUT2D eigenvalue weighted by Crippen LogP contribution is 2.11. The Bertz CT molecular complexity index is 767. The zero-order chi connectivity index (χ0) is 16.8. The highest BCUT2D eigenvalue weighted by Gasteiger charge is 2.21. The number of aromatic nitrogens is 2. The predicted octanol–water partition coefficient (Wildman–Crippen LogP) is 1.11. The molecule has 0 aliphatic heterocycles. The van der Waals surface area contributed by atoms with Crippen LogP contribution in [0.4, 0.5) is 11.5 Å². The molecule has 23 heavy (non-hydrogen) atoms. The van der Waals surface area contributed by atoms with Gasteiger partial charge in [0.25, 0.3) is 5.91 Å². The maximum atomic E-state index is 12.0. The number of rotatable bonds is 4. The lowest BCUT2D eigenvalue weighted by Gasteiger charge is -2.13. The molecule has 1 amide bonds. The van der Waals surface area contributed by atoms with Crippen LogP contribution in [-0.4, -0.2) is 27.9 Å². The maximum absolute atomic E-state index is 12.0. The summed E-state index contributed by atoms with van der Waals surface area (Å²) >= 11 is 0. The van der Waals surface area contributed by atoms with Crippen molar-refractivity contribution in [2.45, 2.75) is 13.0 Å². The van der Waals surface area contributed by atoms with Crippen molar-refractivity contribution in [3.05, 3.63) is 47.9 Å². The summed E-state index contributed by atoms with van der Waals surface area (Å²) < 4.78 is 5.01. The summed E-state index contributed by atoms with van der Waals surface area (Å²) in [4.78, 5) is 31.4. The third-order valence-electron chi connectivity index (χ3n) is 2.85. The van der Waals surface area contributed by atoms with E-state index in [2.05, 4.69) is 15.3 Å². The van der Waals surface area contributed by atoms with Crippen molar-refractivity contribution in [2.75, 3.05) is 11.1 Å². The number of nitriles is 1. The van der Waals surface area contributed by atoms with Gasteiger partial charge in [0.15, 0.2) is 17.6 Å². The summed E-state index contributed by atoms with van der Waals surface area (Å²) in [7, 11) is 0. The Hall–Kier alpha value is -3.47. The Morgan fingerprint density at radius 3 is 2.52 bits per heavy atom. The molecule has 2 aromatic rings. The van der Waals surface area contributed by atoms with E-state index in [0.717, 1.165) is 0 Å². The van der Waals surface area contributed by atoms with E-state index in [1.54, 1.807) is 24.3 Å². The number of anilines is 2. The second kappa shape index (κ2) is 7.00. The molecule has 2 rings (SSSR count). The number of nitrogen functional groups attached to an aromatic ring is 1. The number of esters is 1. The van der Waals surface area contributed by atoms with E-state index in [0.29, 0.717) is 11.3 Å². The van der Waals surface area contributed by atoms with E-state index in [9.17, 15) is 9.59 Å². The molecule has 0 spiro atoms. The number of carbonyl (C=O) groups excluding carboxylic acids is 2. The SMILES string of the molecule is C[C@H](OC(=O)c1nccnc1N)C(=O)Nc1ccc(C#N)cc1. The minimum Gasteiger partial charge on any atom is -0.448 e.